The van der Waals surface area contributed by atoms with Gasteiger partial charge in [0.15, 0.2) is 0 Å². The first-order valence-corrected chi connectivity index (χ1v) is 8.60. The summed E-state index contributed by atoms with van der Waals surface area (Å²) in [5.41, 5.74) is -0.214. The predicted octanol–water partition coefficient (Wildman–Crippen LogP) is 2.87. The van der Waals surface area contributed by atoms with Crippen molar-refractivity contribution in [1.82, 2.24) is 10.2 Å². The van der Waals surface area contributed by atoms with E-state index in [1.54, 1.807) is 0 Å². The number of hydrogen-bond acceptors (Lipinski definition) is 3. The molecule has 0 radical (unpaired) electrons. The van der Waals surface area contributed by atoms with Crippen molar-refractivity contribution in [1.29, 1.82) is 0 Å². The monoisotopic (exact) mass is 296 g/mol. The molecule has 0 bridgehead atoms. The second-order valence-corrected chi connectivity index (χ2v) is 7.67. The molecule has 1 saturated heterocycles. The Morgan fingerprint density at radius 2 is 2.00 bits per heavy atom. The quantitative estimate of drug-likeness (QED) is 0.723. The molecule has 4 heteroatoms. The minimum absolute atomic E-state index is 0.436. The molecule has 122 valence electrons. The lowest BCUT2D eigenvalue weighted by Gasteiger charge is -2.39. The molecule has 1 saturated carbocycles. The highest BCUT2D eigenvalue weighted by Gasteiger charge is 2.38. The zero-order valence-electron chi connectivity index (χ0n) is 14.0. The molecule has 0 aromatic carbocycles. The molecule has 2 aliphatic rings. The molecule has 21 heavy (non-hydrogen) atoms. The van der Waals surface area contributed by atoms with Gasteiger partial charge in [-0.05, 0) is 70.5 Å². The van der Waals surface area contributed by atoms with E-state index in [-0.39, 0.29) is 0 Å². The Labute approximate surface area is 129 Å². The van der Waals surface area contributed by atoms with Crippen molar-refractivity contribution in [2.75, 3.05) is 19.6 Å². The molecule has 2 rings (SSSR count). The number of hydrogen-bond donors (Lipinski definition) is 2. The number of piperidine rings is 1. The van der Waals surface area contributed by atoms with Crippen LogP contribution in [-0.2, 0) is 4.79 Å². The van der Waals surface area contributed by atoms with Crippen LogP contribution in [0.5, 0.6) is 0 Å². The number of carboxylic acid groups (broad SMARTS) is 1. The van der Waals surface area contributed by atoms with E-state index in [1.165, 1.54) is 32.4 Å². The van der Waals surface area contributed by atoms with Crippen LogP contribution in [0.25, 0.3) is 0 Å². The first-order valence-electron chi connectivity index (χ1n) is 8.60. The summed E-state index contributed by atoms with van der Waals surface area (Å²) < 4.78 is 0. The topological polar surface area (TPSA) is 52.6 Å². The number of carbonyl (C=O) groups is 1. The summed E-state index contributed by atoms with van der Waals surface area (Å²) in [4.78, 5) is 14.0. The predicted molar refractivity (Wildman–Crippen MR) is 85.5 cm³/mol. The van der Waals surface area contributed by atoms with Crippen molar-refractivity contribution < 1.29 is 9.90 Å². The van der Waals surface area contributed by atoms with Crippen molar-refractivity contribution >= 4 is 5.97 Å². The van der Waals surface area contributed by atoms with Gasteiger partial charge in [-0.3, -0.25) is 10.1 Å². The Balaban J connectivity index is 1.71. The van der Waals surface area contributed by atoms with Gasteiger partial charge in [-0.1, -0.05) is 20.3 Å². The standard InChI is InChI=1S/C17H32N2O2/c1-4-16(2)9-12-19(13-10-16)11-5-8-17(3,15(20)21)18-14-6-7-14/h14,18H,4-13H2,1-3H3,(H,20,21). The molecule has 1 atom stereocenters. The van der Waals surface area contributed by atoms with Crippen LogP contribution in [0, 0.1) is 5.41 Å². The fourth-order valence-electron chi connectivity index (χ4n) is 3.25. The average Bonchev–Trinajstić information content (AvgIpc) is 3.25. The maximum atomic E-state index is 11.5. The number of nitrogens with zero attached hydrogens (tertiary/aromatic N) is 1. The van der Waals surface area contributed by atoms with Crippen LogP contribution in [0.1, 0.15) is 65.7 Å². The van der Waals surface area contributed by atoms with Crippen molar-refractivity contribution in [3.05, 3.63) is 0 Å². The minimum atomic E-state index is -0.741. The Hall–Kier alpha value is -0.610. The second kappa shape index (κ2) is 6.66. The summed E-state index contributed by atoms with van der Waals surface area (Å²) in [6.45, 7) is 9.91. The van der Waals surface area contributed by atoms with Gasteiger partial charge in [-0.2, -0.15) is 0 Å². The third-order valence-corrected chi connectivity index (χ3v) is 5.64. The van der Waals surface area contributed by atoms with Crippen LogP contribution in [0.2, 0.25) is 0 Å². The van der Waals surface area contributed by atoms with Crippen molar-refractivity contribution in [2.45, 2.75) is 77.3 Å². The zero-order valence-corrected chi connectivity index (χ0v) is 14.0. The molecule has 1 aliphatic heterocycles. The van der Waals surface area contributed by atoms with Crippen LogP contribution >= 0.6 is 0 Å². The maximum Gasteiger partial charge on any atom is 0.323 e. The zero-order chi connectivity index (χ0) is 15.5. The highest BCUT2D eigenvalue weighted by Crippen LogP contribution is 2.34. The van der Waals surface area contributed by atoms with Crippen molar-refractivity contribution in [2.24, 2.45) is 5.41 Å². The molecular formula is C17H32N2O2. The molecular weight excluding hydrogens is 264 g/mol. The lowest BCUT2D eigenvalue weighted by atomic mass is 9.78. The average molecular weight is 296 g/mol. The summed E-state index contributed by atoms with van der Waals surface area (Å²) in [5, 5.41) is 12.8. The Bertz CT molecular complexity index is 360. The van der Waals surface area contributed by atoms with Crippen LogP contribution in [0.15, 0.2) is 0 Å². The van der Waals surface area contributed by atoms with Crippen molar-refractivity contribution in [3.63, 3.8) is 0 Å². The lowest BCUT2D eigenvalue weighted by molar-refractivity contribution is -0.144. The molecule has 0 amide bonds. The maximum absolute atomic E-state index is 11.5. The van der Waals surface area contributed by atoms with E-state index in [0.717, 1.165) is 32.2 Å². The molecule has 2 N–H and O–H groups in total. The Morgan fingerprint density at radius 1 is 1.38 bits per heavy atom. The molecule has 1 heterocycles. The van der Waals surface area contributed by atoms with Crippen LogP contribution in [0.4, 0.5) is 0 Å². The van der Waals surface area contributed by atoms with Gasteiger partial charge < -0.3 is 10.0 Å². The number of aliphatic carboxylic acids is 1. The summed E-state index contributed by atoms with van der Waals surface area (Å²) in [6, 6.07) is 0.436. The van der Waals surface area contributed by atoms with Gasteiger partial charge in [0.1, 0.15) is 5.54 Å². The highest BCUT2D eigenvalue weighted by atomic mass is 16.4. The van der Waals surface area contributed by atoms with E-state index in [9.17, 15) is 9.90 Å². The van der Waals surface area contributed by atoms with E-state index in [1.807, 2.05) is 6.92 Å². The van der Waals surface area contributed by atoms with Crippen LogP contribution in [-0.4, -0.2) is 47.2 Å². The van der Waals surface area contributed by atoms with Crippen LogP contribution < -0.4 is 5.32 Å². The van der Waals surface area contributed by atoms with Gasteiger partial charge in [0, 0.05) is 6.04 Å². The van der Waals surface area contributed by atoms with Gasteiger partial charge in [0.25, 0.3) is 0 Å². The van der Waals surface area contributed by atoms with Crippen molar-refractivity contribution in [3.8, 4) is 0 Å². The van der Waals surface area contributed by atoms with Gasteiger partial charge in [0.05, 0.1) is 0 Å². The number of nitrogens with one attached hydrogen (secondary N) is 1. The normalized spacial score (nSPS) is 25.5. The summed E-state index contributed by atoms with van der Waals surface area (Å²) in [6.07, 6.45) is 7.77. The van der Waals surface area contributed by atoms with E-state index < -0.39 is 11.5 Å². The number of rotatable bonds is 8. The molecule has 0 spiro atoms. The van der Waals surface area contributed by atoms with E-state index in [4.69, 9.17) is 0 Å². The summed E-state index contributed by atoms with van der Waals surface area (Å²) >= 11 is 0. The van der Waals surface area contributed by atoms with Gasteiger partial charge >= 0.3 is 5.97 Å². The third-order valence-electron chi connectivity index (χ3n) is 5.64. The second-order valence-electron chi connectivity index (χ2n) is 7.67. The molecule has 4 nitrogen and oxygen atoms in total. The van der Waals surface area contributed by atoms with Gasteiger partial charge in [0.2, 0.25) is 0 Å². The fraction of sp³-hybridized carbons (Fsp3) is 0.941. The summed E-state index contributed by atoms with van der Waals surface area (Å²) in [5.74, 6) is -0.702. The molecule has 2 fully saturated rings. The lowest BCUT2D eigenvalue weighted by Crippen LogP contribution is -2.51. The molecule has 0 aromatic heterocycles. The fourth-order valence-corrected chi connectivity index (χ4v) is 3.25. The largest absolute Gasteiger partial charge is 0.480 e. The Morgan fingerprint density at radius 3 is 2.48 bits per heavy atom. The third kappa shape index (κ3) is 4.68. The SMILES string of the molecule is CCC1(C)CCN(CCCC(C)(NC2CC2)C(=O)O)CC1. The summed E-state index contributed by atoms with van der Waals surface area (Å²) in [7, 11) is 0. The Kier molecular flexibility index (Phi) is 5.31. The van der Waals surface area contributed by atoms with E-state index >= 15 is 0 Å². The van der Waals surface area contributed by atoms with Gasteiger partial charge in [-0.25, -0.2) is 0 Å². The number of likely N-dealkylation sites (tertiary alicyclic amines) is 1. The first kappa shape index (κ1) is 16.8. The molecule has 1 aliphatic carbocycles. The van der Waals surface area contributed by atoms with Gasteiger partial charge in [-0.15, -0.1) is 0 Å². The van der Waals surface area contributed by atoms with Crippen LogP contribution in [0.3, 0.4) is 0 Å². The molecule has 0 aromatic rings. The number of carboxylic acids is 1. The molecule has 1 unspecified atom stereocenters. The minimum Gasteiger partial charge on any atom is -0.480 e. The van der Waals surface area contributed by atoms with E-state index in [2.05, 4.69) is 24.1 Å². The smallest absolute Gasteiger partial charge is 0.323 e. The van der Waals surface area contributed by atoms with E-state index in [0.29, 0.717) is 11.5 Å². The first-order chi connectivity index (χ1) is 9.87. The highest BCUT2D eigenvalue weighted by molar-refractivity contribution is 5.78.